The van der Waals surface area contributed by atoms with Crippen molar-refractivity contribution in [2.75, 3.05) is 6.54 Å². The second-order valence-electron chi connectivity index (χ2n) is 7.06. The summed E-state index contributed by atoms with van der Waals surface area (Å²) in [6, 6.07) is 0.780. The largest absolute Gasteiger partial charge is 0.393 e. The Balaban J connectivity index is 1.41. The van der Waals surface area contributed by atoms with Crippen molar-refractivity contribution >= 4 is 0 Å². The van der Waals surface area contributed by atoms with Gasteiger partial charge in [0.25, 0.3) is 0 Å². The van der Waals surface area contributed by atoms with Gasteiger partial charge in [-0.1, -0.05) is 25.7 Å². The zero-order valence-electron chi connectivity index (χ0n) is 11.6. The molecule has 0 amide bonds. The van der Waals surface area contributed by atoms with Gasteiger partial charge in [0.05, 0.1) is 6.10 Å². The Morgan fingerprint density at radius 2 is 1.67 bits per heavy atom. The van der Waals surface area contributed by atoms with Crippen LogP contribution in [0, 0.1) is 17.8 Å². The molecule has 18 heavy (non-hydrogen) atoms. The van der Waals surface area contributed by atoms with E-state index in [1.165, 1.54) is 51.4 Å². The first-order chi connectivity index (χ1) is 8.81. The lowest BCUT2D eigenvalue weighted by Crippen LogP contribution is -2.40. The first-order valence-electron chi connectivity index (χ1n) is 8.22. The molecule has 0 radical (unpaired) electrons. The molecule has 0 heterocycles. The summed E-state index contributed by atoms with van der Waals surface area (Å²) >= 11 is 0. The van der Waals surface area contributed by atoms with Crippen LogP contribution >= 0.6 is 0 Å². The first kappa shape index (κ1) is 12.9. The number of rotatable bonds is 3. The van der Waals surface area contributed by atoms with Crippen LogP contribution in [-0.2, 0) is 0 Å². The SMILES string of the molecule is OC1CCC(CNC2CCC3CCCCC3C2)C1. The Hall–Kier alpha value is -0.0800. The number of hydrogen-bond acceptors (Lipinski definition) is 2. The zero-order valence-corrected chi connectivity index (χ0v) is 11.6. The Labute approximate surface area is 112 Å². The summed E-state index contributed by atoms with van der Waals surface area (Å²) in [4.78, 5) is 0. The first-order valence-corrected chi connectivity index (χ1v) is 8.22. The number of aliphatic hydroxyl groups is 1. The molecule has 2 heteroatoms. The predicted molar refractivity (Wildman–Crippen MR) is 74.4 cm³/mol. The van der Waals surface area contributed by atoms with E-state index in [0.29, 0.717) is 0 Å². The summed E-state index contributed by atoms with van der Waals surface area (Å²) in [6.45, 7) is 1.15. The van der Waals surface area contributed by atoms with Gasteiger partial charge in [-0.2, -0.15) is 0 Å². The van der Waals surface area contributed by atoms with Crippen LogP contribution in [0.25, 0.3) is 0 Å². The molecule has 0 saturated heterocycles. The summed E-state index contributed by atoms with van der Waals surface area (Å²) in [7, 11) is 0. The van der Waals surface area contributed by atoms with Crippen molar-refractivity contribution in [3.8, 4) is 0 Å². The van der Waals surface area contributed by atoms with Crippen molar-refractivity contribution in [3.05, 3.63) is 0 Å². The quantitative estimate of drug-likeness (QED) is 0.808. The smallest absolute Gasteiger partial charge is 0.0543 e. The Morgan fingerprint density at radius 1 is 0.833 bits per heavy atom. The summed E-state index contributed by atoms with van der Waals surface area (Å²) in [5.41, 5.74) is 0. The van der Waals surface area contributed by atoms with Crippen LogP contribution in [0.5, 0.6) is 0 Å². The normalized spacial score (nSPS) is 44.8. The van der Waals surface area contributed by atoms with Crippen LogP contribution in [0.4, 0.5) is 0 Å². The van der Waals surface area contributed by atoms with Gasteiger partial charge in [0, 0.05) is 6.04 Å². The molecule has 2 nitrogen and oxygen atoms in total. The molecule has 3 saturated carbocycles. The number of aliphatic hydroxyl groups excluding tert-OH is 1. The lowest BCUT2D eigenvalue weighted by Gasteiger charge is -2.40. The van der Waals surface area contributed by atoms with Crippen molar-refractivity contribution in [3.63, 3.8) is 0 Å². The van der Waals surface area contributed by atoms with E-state index in [1.54, 1.807) is 0 Å². The Kier molecular flexibility index (Phi) is 4.25. The average molecular weight is 251 g/mol. The minimum absolute atomic E-state index is 0.00844. The van der Waals surface area contributed by atoms with Gasteiger partial charge in [0.15, 0.2) is 0 Å². The molecule has 0 bridgehead atoms. The summed E-state index contributed by atoms with van der Waals surface area (Å²) in [6.07, 6.45) is 13.5. The molecule has 3 fully saturated rings. The van der Waals surface area contributed by atoms with Gasteiger partial charge in [-0.05, 0) is 62.8 Å². The molecule has 0 spiro atoms. The van der Waals surface area contributed by atoms with Crippen molar-refractivity contribution in [1.29, 1.82) is 0 Å². The molecular weight excluding hydrogens is 222 g/mol. The maximum atomic E-state index is 9.56. The highest BCUT2D eigenvalue weighted by atomic mass is 16.3. The van der Waals surface area contributed by atoms with E-state index in [1.807, 2.05) is 0 Å². The van der Waals surface area contributed by atoms with Crippen LogP contribution in [0.1, 0.15) is 64.2 Å². The fraction of sp³-hybridized carbons (Fsp3) is 1.00. The molecule has 3 aliphatic carbocycles. The minimum Gasteiger partial charge on any atom is -0.393 e. The standard InChI is InChI=1S/C16H29NO/c18-16-8-5-12(9-16)11-17-15-7-6-13-3-1-2-4-14(13)10-15/h12-18H,1-11H2. The van der Waals surface area contributed by atoms with E-state index in [-0.39, 0.29) is 6.10 Å². The van der Waals surface area contributed by atoms with Crippen LogP contribution in [-0.4, -0.2) is 23.8 Å². The topological polar surface area (TPSA) is 32.3 Å². The molecule has 3 rings (SSSR count). The van der Waals surface area contributed by atoms with Gasteiger partial charge in [-0.15, -0.1) is 0 Å². The second kappa shape index (κ2) is 5.92. The third-order valence-electron chi connectivity index (χ3n) is 5.75. The van der Waals surface area contributed by atoms with E-state index in [2.05, 4.69) is 5.32 Å². The van der Waals surface area contributed by atoms with E-state index in [0.717, 1.165) is 43.2 Å². The third kappa shape index (κ3) is 3.08. The molecule has 5 atom stereocenters. The lowest BCUT2D eigenvalue weighted by atomic mass is 9.69. The van der Waals surface area contributed by atoms with Crippen LogP contribution in [0.15, 0.2) is 0 Å². The van der Waals surface area contributed by atoms with Crippen molar-refractivity contribution in [2.24, 2.45) is 17.8 Å². The van der Waals surface area contributed by atoms with E-state index in [4.69, 9.17) is 0 Å². The summed E-state index contributed by atoms with van der Waals surface area (Å²) < 4.78 is 0. The molecule has 0 aromatic rings. The monoisotopic (exact) mass is 251 g/mol. The maximum Gasteiger partial charge on any atom is 0.0543 e. The van der Waals surface area contributed by atoms with Gasteiger partial charge < -0.3 is 10.4 Å². The van der Waals surface area contributed by atoms with E-state index in [9.17, 15) is 5.11 Å². The van der Waals surface area contributed by atoms with Crippen molar-refractivity contribution in [1.82, 2.24) is 5.32 Å². The number of hydrogen-bond donors (Lipinski definition) is 2. The van der Waals surface area contributed by atoms with Gasteiger partial charge in [-0.25, -0.2) is 0 Å². The number of nitrogens with one attached hydrogen (secondary N) is 1. The summed E-state index contributed by atoms with van der Waals surface area (Å²) in [5, 5.41) is 13.4. The molecule has 5 unspecified atom stereocenters. The molecule has 0 aromatic carbocycles. The van der Waals surface area contributed by atoms with Gasteiger partial charge in [0.1, 0.15) is 0 Å². The Morgan fingerprint density at radius 3 is 2.44 bits per heavy atom. The van der Waals surface area contributed by atoms with Gasteiger partial charge in [0.2, 0.25) is 0 Å². The van der Waals surface area contributed by atoms with E-state index >= 15 is 0 Å². The van der Waals surface area contributed by atoms with Crippen LogP contribution in [0.2, 0.25) is 0 Å². The third-order valence-corrected chi connectivity index (χ3v) is 5.75. The molecule has 0 aliphatic heterocycles. The minimum atomic E-state index is -0.00844. The maximum absolute atomic E-state index is 9.56. The highest BCUT2D eigenvalue weighted by Crippen LogP contribution is 2.40. The average Bonchev–Trinajstić information content (AvgIpc) is 2.82. The molecule has 2 N–H and O–H groups in total. The van der Waals surface area contributed by atoms with E-state index < -0.39 is 0 Å². The van der Waals surface area contributed by atoms with Crippen molar-refractivity contribution in [2.45, 2.75) is 76.4 Å². The summed E-state index contributed by atoms with van der Waals surface area (Å²) in [5.74, 6) is 2.83. The fourth-order valence-corrected chi connectivity index (χ4v) is 4.63. The lowest BCUT2D eigenvalue weighted by molar-refractivity contribution is 0.140. The van der Waals surface area contributed by atoms with Crippen molar-refractivity contribution < 1.29 is 5.11 Å². The van der Waals surface area contributed by atoms with Gasteiger partial charge >= 0.3 is 0 Å². The molecular formula is C16H29NO. The predicted octanol–water partition coefficient (Wildman–Crippen LogP) is 3.10. The van der Waals surface area contributed by atoms with Crippen LogP contribution < -0.4 is 5.32 Å². The molecule has 0 aromatic heterocycles. The Bertz CT molecular complexity index is 268. The fourth-order valence-electron chi connectivity index (χ4n) is 4.63. The molecule has 3 aliphatic rings. The van der Waals surface area contributed by atoms with Gasteiger partial charge in [-0.3, -0.25) is 0 Å². The molecule has 104 valence electrons. The highest BCUT2D eigenvalue weighted by molar-refractivity contribution is 4.87. The highest BCUT2D eigenvalue weighted by Gasteiger charge is 2.32. The second-order valence-corrected chi connectivity index (χ2v) is 7.06. The van der Waals surface area contributed by atoms with Crippen LogP contribution in [0.3, 0.4) is 0 Å². The zero-order chi connectivity index (χ0) is 12.4. The number of fused-ring (bicyclic) bond motifs is 1.